The van der Waals surface area contributed by atoms with E-state index in [1.165, 1.54) is 141 Å². The molecule has 0 heterocycles. The molecule has 0 radical (unpaired) electrons. The van der Waals surface area contributed by atoms with E-state index in [4.69, 9.17) is 25.8 Å². The Morgan fingerprint density at radius 3 is 1.49 bits per heavy atom. The summed E-state index contributed by atoms with van der Waals surface area (Å²) in [6.07, 6.45) is 28.9. The van der Waals surface area contributed by atoms with E-state index in [0.717, 1.165) is 32.1 Å². The summed E-state index contributed by atoms with van der Waals surface area (Å²) in [6, 6.07) is 11.4. The number of nitrogens with one attached hydrogen (secondary N) is 1. The molecule has 53 heavy (non-hydrogen) atoms. The van der Waals surface area contributed by atoms with E-state index in [0.29, 0.717) is 24.7 Å². The van der Waals surface area contributed by atoms with Gasteiger partial charge in [0.2, 0.25) is 6.10 Å². The summed E-state index contributed by atoms with van der Waals surface area (Å²) in [5, 5.41) is 2.88. The van der Waals surface area contributed by atoms with Gasteiger partial charge in [0.15, 0.2) is 5.78 Å². The van der Waals surface area contributed by atoms with Crippen molar-refractivity contribution in [3.05, 3.63) is 53.1 Å². The number of carbonyl (C=O) groups is 3. The number of hydrogen-bond donors (Lipinski definition) is 1. The van der Waals surface area contributed by atoms with Crippen LogP contribution in [0.2, 0.25) is 5.02 Å². The first kappa shape index (κ1) is 46.1. The van der Waals surface area contributed by atoms with Crippen LogP contribution in [-0.2, 0) is 14.3 Å². The van der Waals surface area contributed by atoms with Crippen molar-refractivity contribution >= 4 is 34.9 Å². The van der Waals surface area contributed by atoms with Crippen molar-refractivity contribution in [3.63, 3.8) is 0 Å². The number of halogens is 1. The first-order chi connectivity index (χ1) is 25.8. The summed E-state index contributed by atoms with van der Waals surface area (Å²) in [6.45, 7) is 6.78. The molecule has 1 unspecified atom stereocenters. The average Bonchev–Trinajstić information content (AvgIpc) is 3.15. The minimum atomic E-state index is -1.40. The third-order valence-electron chi connectivity index (χ3n) is 9.64. The summed E-state index contributed by atoms with van der Waals surface area (Å²) < 4.78 is 17.1. The monoisotopic (exact) mass is 755 g/mol. The van der Waals surface area contributed by atoms with Gasteiger partial charge in [-0.2, -0.15) is 0 Å². The normalized spacial score (nSPS) is 11.6. The molecule has 0 saturated heterocycles. The van der Waals surface area contributed by atoms with Crippen LogP contribution in [0.25, 0.3) is 0 Å². The SMILES string of the molecule is CCCCCCCCCCCCCCCCOC(=O)c1ccc(Cl)c(NC(=O)C(Oc2ccc(OCCCCCCCCCCCC)cc2)C(C)=O)c1. The molecule has 2 aromatic rings. The highest BCUT2D eigenvalue weighted by molar-refractivity contribution is 6.34. The largest absolute Gasteiger partial charge is 0.494 e. The maximum atomic E-state index is 13.2. The molecular formula is C45H70ClNO6. The second-order valence-corrected chi connectivity index (χ2v) is 14.9. The third kappa shape index (κ3) is 22.0. The fourth-order valence-electron chi connectivity index (χ4n) is 6.34. The first-order valence-corrected chi connectivity index (χ1v) is 21.4. The van der Waals surface area contributed by atoms with Crippen LogP contribution in [-0.4, -0.2) is 37.0 Å². The van der Waals surface area contributed by atoms with Crippen molar-refractivity contribution in [2.45, 2.75) is 181 Å². The standard InChI is InChI=1S/C45H70ClNO6/c1-4-6-8-10-12-14-16-17-18-19-21-23-25-27-35-52-45(50)38-28-33-41(46)42(36-38)47-44(49)43(37(3)48)53-40-31-29-39(30-32-40)51-34-26-24-22-20-15-13-11-9-7-5-2/h28-33,36,43H,4-27,34-35H2,1-3H3,(H,47,49). The lowest BCUT2D eigenvalue weighted by Crippen LogP contribution is -2.38. The fraction of sp³-hybridized carbons (Fsp3) is 0.667. The topological polar surface area (TPSA) is 90.9 Å². The number of benzene rings is 2. The molecule has 0 spiro atoms. The van der Waals surface area contributed by atoms with Crippen molar-refractivity contribution in [3.8, 4) is 11.5 Å². The van der Waals surface area contributed by atoms with E-state index in [-0.39, 0.29) is 16.3 Å². The number of amides is 1. The van der Waals surface area contributed by atoms with Gasteiger partial charge in [0.05, 0.1) is 29.5 Å². The van der Waals surface area contributed by atoms with Crippen LogP contribution in [0.4, 0.5) is 5.69 Å². The second-order valence-electron chi connectivity index (χ2n) is 14.5. The third-order valence-corrected chi connectivity index (χ3v) is 9.97. The minimum Gasteiger partial charge on any atom is -0.494 e. The van der Waals surface area contributed by atoms with Gasteiger partial charge in [-0.15, -0.1) is 0 Å². The Bertz CT molecular complexity index is 1270. The molecule has 0 fully saturated rings. The van der Waals surface area contributed by atoms with Crippen LogP contribution >= 0.6 is 11.6 Å². The van der Waals surface area contributed by atoms with Crippen LogP contribution in [0.1, 0.15) is 185 Å². The summed E-state index contributed by atoms with van der Waals surface area (Å²) in [7, 11) is 0. The molecule has 0 aromatic heterocycles. The van der Waals surface area contributed by atoms with E-state index >= 15 is 0 Å². The van der Waals surface area contributed by atoms with Crippen LogP contribution in [0.3, 0.4) is 0 Å². The van der Waals surface area contributed by atoms with Crippen LogP contribution in [0.15, 0.2) is 42.5 Å². The molecule has 0 aliphatic carbocycles. The van der Waals surface area contributed by atoms with Crippen molar-refractivity contribution in [1.82, 2.24) is 0 Å². The molecule has 1 amide bonds. The molecule has 2 rings (SSSR count). The molecule has 0 aliphatic heterocycles. The van der Waals surface area contributed by atoms with E-state index in [2.05, 4.69) is 19.2 Å². The molecule has 1 atom stereocenters. The molecule has 8 heteroatoms. The zero-order chi connectivity index (χ0) is 38.4. The summed E-state index contributed by atoms with van der Waals surface area (Å²) in [5.74, 6) is -0.575. The molecule has 2 aromatic carbocycles. The van der Waals surface area contributed by atoms with Crippen LogP contribution in [0.5, 0.6) is 11.5 Å². The zero-order valence-electron chi connectivity index (χ0n) is 33.3. The maximum Gasteiger partial charge on any atom is 0.338 e. The average molecular weight is 757 g/mol. The highest BCUT2D eigenvalue weighted by Crippen LogP contribution is 2.25. The lowest BCUT2D eigenvalue weighted by atomic mass is 10.0. The number of esters is 1. The number of anilines is 1. The van der Waals surface area contributed by atoms with Crippen molar-refractivity contribution in [2.24, 2.45) is 0 Å². The second kappa shape index (κ2) is 30.3. The first-order valence-electron chi connectivity index (χ1n) is 21.0. The van der Waals surface area contributed by atoms with E-state index in [1.807, 2.05) is 0 Å². The molecule has 0 bridgehead atoms. The Morgan fingerprint density at radius 1 is 0.585 bits per heavy atom. The lowest BCUT2D eigenvalue weighted by Gasteiger charge is -2.17. The van der Waals surface area contributed by atoms with Gasteiger partial charge in [-0.3, -0.25) is 9.59 Å². The predicted octanol–water partition coefficient (Wildman–Crippen LogP) is 13.3. The van der Waals surface area contributed by atoms with Gasteiger partial charge in [0, 0.05) is 0 Å². The van der Waals surface area contributed by atoms with E-state index < -0.39 is 23.8 Å². The number of rotatable bonds is 33. The highest BCUT2D eigenvalue weighted by Gasteiger charge is 2.26. The minimum absolute atomic E-state index is 0.202. The Hall–Kier alpha value is -3.06. The van der Waals surface area contributed by atoms with E-state index in [1.54, 1.807) is 30.3 Å². The number of carbonyl (C=O) groups excluding carboxylic acids is 3. The molecule has 1 N–H and O–H groups in total. The Balaban J connectivity index is 1.67. The predicted molar refractivity (Wildman–Crippen MR) is 220 cm³/mol. The Labute approximate surface area is 326 Å². The maximum absolute atomic E-state index is 13.2. The van der Waals surface area contributed by atoms with Crippen LogP contribution < -0.4 is 14.8 Å². The summed E-state index contributed by atoms with van der Waals surface area (Å²) >= 11 is 6.35. The number of unbranched alkanes of at least 4 members (excludes halogenated alkanes) is 22. The molecule has 0 aliphatic rings. The molecule has 0 saturated carbocycles. The van der Waals surface area contributed by atoms with Gasteiger partial charge in [0.1, 0.15) is 11.5 Å². The summed E-state index contributed by atoms with van der Waals surface area (Å²) in [4.78, 5) is 38.3. The van der Waals surface area contributed by atoms with Crippen LogP contribution in [0, 0.1) is 0 Å². The van der Waals surface area contributed by atoms with E-state index in [9.17, 15) is 14.4 Å². The number of ketones is 1. The zero-order valence-corrected chi connectivity index (χ0v) is 34.1. The molecule has 7 nitrogen and oxygen atoms in total. The van der Waals surface area contributed by atoms with Gasteiger partial charge in [0.25, 0.3) is 5.91 Å². The Kier molecular flexibility index (Phi) is 26.3. The number of Topliss-reactive ketones (excluding diaryl/α,β-unsaturated/α-hetero) is 1. The van der Waals surface area contributed by atoms with Gasteiger partial charge in [-0.05, 0) is 62.2 Å². The van der Waals surface area contributed by atoms with Gasteiger partial charge >= 0.3 is 5.97 Å². The molecular weight excluding hydrogens is 686 g/mol. The fourth-order valence-corrected chi connectivity index (χ4v) is 6.51. The number of ether oxygens (including phenoxy) is 3. The lowest BCUT2D eigenvalue weighted by molar-refractivity contribution is -0.133. The van der Waals surface area contributed by atoms with Crippen molar-refractivity contribution in [1.29, 1.82) is 0 Å². The van der Waals surface area contributed by atoms with Gasteiger partial charge in [-0.25, -0.2) is 4.79 Å². The summed E-state index contributed by atoms with van der Waals surface area (Å²) in [5.41, 5.74) is 0.469. The van der Waals surface area contributed by atoms with Gasteiger partial charge in [-0.1, -0.05) is 167 Å². The Morgan fingerprint density at radius 2 is 1.02 bits per heavy atom. The molecule has 298 valence electrons. The van der Waals surface area contributed by atoms with Gasteiger partial charge < -0.3 is 19.5 Å². The number of hydrogen-bond acceptors (Lipinski definition) is 6. The smallest absolute Gasteiger partial charge is 0.338 e. The van der Waals surface area contributed by atoms with Crippen molar-refractivity contribution < 1.29 is 28.6 Å². The highest BCUT2D eigenvalue weighted by atomic mass is 35.5. The van der Waals surface area contributed by atoms with Crippen molar-refractivity contribution in [2.75, 3.05) is 18.5 Å². The quantitative estimate of drug-likeness (QED) is 0.0443.